The molecule has 0 unspecified atom stereocenters. The first-order chi connectivity index (χ1) is 7.83. The smallest absolute Gasteiger partial charge is 0.243 e. The number of rotatable bonds is 2. The van der Waals surface area contributed by atoms with Gasteiger partial charge in [-0.3, -0.25) is 0 Å². The van der Waals surface area contributed by atoms with Crippen molar-refractivity contribution in [3.8, 4) is 0 Å². The van der Waals surface area contributed by atoms with Gasteiger partial charge in [-0.1, -0.05) is 18.0 Å². The molecule has 1 N–H and O–H groups in total. The molecule has 88 valence electrons. The van der Waals surface area contributed by atoms with Crippen molar-refractivity contribution in [1.29, 1.82) is 0 Å². The summed E-state index contributed by atoms with van der Waals surface area (Å²) in [4.78, 5) is 4.40. The number of alkyl halides is 1. The van der Waals surface area contributed by atoms with Crippen LogP contribution >= 0.6 is 0 Å². The Morgan fingerprint density at radius 3 is 2.81 bits per heavy atom. The van der Waals surface area contributed by atoms with E-state index in [1.165, 1.54) is 12.8 Å². The van der Waals surface area contributed by atoms with E-state index in [2.05, 4.69) is 15.5 Å². The highest BCUT2D eigenvalue weighted by molar-refractivity contribution is 5.02. The lowest BCUT2D eigenvalue weighted by molar-refractivity contribution is 0.321. The SMILES string of the molecule is F[C@@H]1CN[C@H](c2nc(C3CCCC3)no2)C1. The topological polar surface area (TPSA) is 51.0 Å². The minimum absolute atomic E-state index is 0.0855. The van der Waals surface area contributed by atoms with E-state index in [1.54, 1.807) is 0 Å². The number of nitrogens with one attached hydrogen (secondary N) is 1. The third-order valence-electron chi connectivity index (χ3n) is 3.55. The molecule has 1 saturated heterocycles. The molecule has 0 bridgehead atoms. The summed E-state index contributed by atoms with van der Waals surface area (Å²) < 4.78 is 18.2. The van der Waals surface area contributed by atoms with Crippen molar-refractivity contribution in [3.05, 3.63) is 11.7 Å². The van der Waals surface area contributed by atoms with E-state index < -0.39 is 6.17 Å². The van der Waals surface area contributed by atoms with E-state index in [4.69, 9.17) is 4.52 Å². The Kier molecular flexibility index (Phi) is 2.63. The van der Waals surface area contributed by atoms with E-state index in [0.29, 0.717) is 24.8 Å². The van der Waals surface area contributed by atoms with Crippen molar-refractivity contribution in [2.75, 3.05) is 6.54 Å². The molecule has 1 saturated carbocycles. The highest BCUT2D eigenvalue weighted by Gasteiger charge is 2.30. The van der Waals surface area contributed by atoms with Crippen LogP contribution in [0.15, 0.2) is 4.52 Å². The summed E-state index contributed by atoms with van der Waals surface area (Å²) in [5.74, 6) is 1.83. The molecule has 16 heavy (non-hydrogen) atoms. The Balaban J connectivity index is 1.72. The van der Waals surface area contributed by atoms with Gasteiger partial charge in [0.1, 0.15) is 6.17 Å². The second kappa shape index (κ2) is 4.13. The maximum atomic E-state index is 13.0. The molecule has 0 radical (unpaired) electrons. The van der Waals surface area contributed by atoms with E-state index in [0.717, 1.165) is 18.7 Å². The van der Waals surface area contributed by atoms with Crippen LogP contribution in [0.1, 0.15) is 55.8 Å². The zero-order valence-electron chi connectivity index (χ0n) is 9.16. The van der Waals surface area contributed by atoms with Crippen LogP contribution in [-0.4, -0.2) is 22.9 Å². The van der Waals surface area contributed by atoms with Gasteiger partial charge in [-0.05, 0) is 12.8 Å². The van der Waals surface area contributed by atoms with Gasteiger partial charge in [-0.2, -0.15) is 4.98 Å². The first-order valence-electron chi connectivity index (χ1n) is 6.04. The Morgan fingerprint density at radius 1 is 1.31 bits per heavy atom. The van der Waals surface area contributed by atoms with Crippen LogP contribution in [0.5, 0.6) is 0 Å². The average Bonchev–Trinajstić information content (AvgIpc) is 2.97. The Labute approximate surface area is 93.6 Å². The van der Waals surface area contributed by atoms with Crippen LogP contribution in [0.4, 0.5) is 4.39 Å². The third kappa shape index (κ3) is 1.84. The molecule has 3 rings (SSSR count). The van der Waals surface area contributed by atoms with Crippen LogP contribution in [0.3, 0.4) is 0 Å². The molecule has 2 atom stereocenters. The quantitative estimate of drug-likeness (QED) is 0.837. The summed E-state index contributed by atoms with van der Waals surface area (Å²) in [5, 5.41) is 7.07. The maximum Gasteiger partial charge on any atom is 0.243 e. The fraction of sp³-hybridized carbons (Fsp3) is 0.818. The lowest BCUT2D eigenvalue weighted by Crippen LogP contribution is -2.14. The van der Waals surface area contributed by atoms with Crippen molar-refractivity contribution in [1.82, 2.24) is 15.5 Å². The fourth-order valence-corrected chi connectivity index (χ4v) is 2.62. The highest BCUT2D eigenvalue weighted by Crippen LogP contribution is 2.33. The second-order valence-corrected chi connectivity index (χ2v) is 4.77. The van der Waals surface area contributed by atoms with Crippen molar-refractivity contribution in [3.63, 3.8) is 0 Å². The van der Waals surface area contributed by atoms with E-state index in [9.17, 15) is 4.39 Å². The molecule has 2 aliphatic rings. The van der Waals surface area contributed by atoms with Crippen LogP contribution in [-0.2, 0) is 0 Å². The minimum Gasteiger partial charge on any atom is -0.338 e. The van der Waals surface area contributed by atoms with Crippen LogP contribution in [0.2, 0.25) is 0 Å². The van der Waals surface area contributed by atoms with Gasteiger partial charge < -0.3 is 9.84 Å². The van der Waals surface area contributed by atoms with Crippen molar-refractivity contribution in [2.24, 2.45) is 0 Å². The first-order valence-corrected chi connectivity index (χ1v) is 6.04. The fourth-order valence-electron chi connectivity index (χ4n) is 2.62. The number of aromatic nitrogens is 2. The molecular weight excluding hydrogens is 209 g/mol. The zero-order chi connectivity index (χ0) is 11.0. The standard InChI is InChI=1S/C11H16FN3O/c12-8-5-9(13-6-8)11-14-10(15-16-11)7-3-1-2-4-7/h7-9,13H,1-6H2/t8-,9-/m0/s1. The minimum atomic E-state index is -0.785. The van der Waals surface area contributed by atoms with Crippen LogP contribution < -0.4 is 5.32 Å². The molecule has 2 fully saturated rings. The van der Waals surface area contributed by atoms with E-state index in [-0.39, 0.29) is 6.04 Å². The summed E-state index contributed by atoms with van der Waals surface area (Å²) in [6.07, 6.45) is 4.48. The molecule has 1 aromatic heterocycles. The average molecular weight is 225 g/mol. The van der Waals surface area contributed by atoms with Gasteiger partial charge >= 0.3 is 0 Å². The van der Waals surface area contributed by atoms with E-state index >= 15 is 0 Å². The van der Waals surface area contributed by atoms with Gasteiger partial charge in [0.05, 0.1) is 6.04 Å². The van der Waals surface area contributed by atoms with Crippen LogP contribution in [0.25, 0.3) is 0 Å². The van der Waals surface area contributed by atoms with Crippen molar-refractivity contribution < 1.29 is 8.91 Å². The predicted octanol–water partition coefficient (Wildman–Crippen LogP) is 2.10. The van der Waals surface area contributed by atoms with Gasteiger partial charge in [0.2, 0.25) is 5.89 Å². The van der Waals surface area contributed by atoms with Gasteiger partial charge in [-0.25, -0.2) is 4.39 Å². The number of hydrogen-bond acceptors (Lipinski definition) is 4. The molecule has 1 aliphatic carbocycles. The second-order valence-electron chi connectivity index (χ2n) is 4.77. The molecule has 4 nitrogen and oxygen atoms in total. The number of halogens is 1. The predicted molar refractivity (Wildman–Crippen MR) is 55.8 cm³/mol. The van der Waals surface area contributed by atoms with Crippen LogP contribution in [0, 0.1) is 0 Å². The highest BCUT2D eigenvalue weighted by atomic mass is 19.1. The number of hydrogen-bond donors (Lipinski definition) is 1. The molecule has 1 aliphatic heterocycles. The van der Waals surface area contributed by atoms with Crippen molar-refractivity contribution >= 4 is 0 Å². The van der Waals surface area contributed by atoms with Gasteiger partial charge in [-0.15, -0.1) is 0 Å². The molecule has 1 aromatic rings. The lowest BCUT2D eigenvalue weighted by Gasteiger charge is -2.02. The summed E-state index contributed by atoms with van der Waals surface area (Å²) in [5.41, 5.74) is 0. The molecule has 5 heteroatoms. The summed E-state index contributed by atoms with van der Waals surface area (Å²) in [7, 11) is 0. The monoisotopic (exact) mass is 225 g/mol. The molecule has 0 aromatic carbocycles. The zero-order valence-corrected chi connectivity index (χ0v) is 9.16. The lowest BCUT2D eigenvalue weighted by atomic mass is 10.1. The summed E-state index contributed by atoms with van der Waals surface area (Å²) in [6, 6.07) is -0.0855. The largest absolute Gasteiger partial charge is 0.338 e. The summed E-state index contributed by atoms with van der Waals surface area (Å²) >= 11 is 0. The van der Waals surface area contributed by atoms with Gasteiger partial charge in [0, 0.05) is 18.9 Å². The Morgan fingerprint density at radius 2 is 2.12 bits per heavy atom. The normalized spacial score (nSPS) is 31.3. The maximum absolute atomic E-state index is 13.0. The summed E-state index contributed by atoms with van der Waals surface area (Å²) in [6.45, 7) is 0.395. The third-order valence-corrected chi connectivity index (χ3v) is 3.55. The molecular formula is C11H16FN3O. The Hall–Kier alpha value is -0.970. The van der Waals surface area contributed by atoms with Crippen molar-refractivity contribution in [2.45, 2.75) is 50.2 Å². The molecule has 2 heterocycles. The number of nitrogens with zero attached hydrogens (tertiary/aromatic N) is 2. The van der Waals surface area contributed by atoms with E-state index in [1.807, 2.05) is 0 Å². The molecule has 0 amide bonds. The molecule has 0 spiro atoms. The Bertz CT molecular complexity index is 362. The van der Waals surface area contributed by atoms with Gasteiger partial charge in [0.25, 0.3) is 0 Å². The first kappa shape index (κ1) is 10.2. The van der Waals surface area contributed by atoms with Gasteiger partial charge in [0.15, 0.2) is 5.82 Å².